The predicted molar refractivity (Wildman–Crippen MR) is 92.5 cm³/mol. The first kappa shape index (κ1) is 16.7. The minimum atomic E-state index is -0.0649. The molecule has 8 heteroatoms. The third kappa shape index (κ3) is 3.49. The van der Waals surface area contributed by atoms with Gasteiger partial charge in [-0.2, -0.15) is 14.9 Å². The van der Waals surface area contributed by atoms with Crippen molar-refractivity contribution in [2.24, 2.45) is 5.10 Å². The van der Waals surface area contributed by atoms with Crippen molar-refractivity contribution in [2.75, 3.05) is 20.3 Å². The van der Waals surface area contributed by atoms with Crippen molar-refractivity contribution in [1.29, 1.82) is 0 Å². The van der Waals surface area contributed by atoms with E-state index in [0.717, 1.165) is 25.0 Å². The second kappa shape index (κ2) is 7.59. The summed E-state index contributed by atoms with van der Waals surface area (Å²) in [5.41, 5.74) is 0.876. The predicted octanol–water partition coefficient (Wildman–Crippen LogP) is 3.08. The Hall–Kier alpha value is -2.19. The number of aromatic nitrogens is 3. The van der Waals surface area contributed by atoms with Gasteiger partial charge in [-0.25, -0.2) is 0 Å². The van der Waals surface area contributed by atoms with Gasteiger partial charge in [-0.05, 0) is 55.7 Å². The van der Waals surface area contributed by atoms with E-state index < -0.39 is 0 Å². The minimum Gasteiger partial charge on any atom is -0.493 e. The maximum absolute atomic E-state index is 5.67. The van der Waals surface area contributed by atoms with Crippen LogP contribution in [-0.4, -0.2) is 41.4 Å². The van der Waals surface area contributed by atoms with Crippen LogP contribution >= 0.6 is 12.2 Å². The molecule has 1 atom stereocenters. The molecule has 1 aliphatic heterocycles. The molecule has 1 N–H and O–H groups in total. The molecule has 24 heavy (non-hydrogen) atoms. The van der Waals surface area contributed by atoms with Crippen LogP contribution in [0.4, 0.5) is 0 Å². The van der Waals surface area contributed by atoms with E-state index in [1.807, 2.05) is 25.1 Å². The maximum Gasteiger partial charge on any atom is 0.216 e. The number of benzene rings is 1. The van der Waals surface area contributed by atoms with Crippen molar-refractivity contribution in [1.82, 2.24) is 14.9 Å². The molecule has 1 aromatic carbocycles. The molecular formula is C16H20N4O3S. The Morgan fingerprint density at radius 3 is 3.08 bits per heavy atom. The first-order chi connectivity index (χ1) is 11.7. The molecule has 2 heterocycles. The van der Waals surface area contributed by atoms with Gasteiger partial charge in [0, 0.05) is 6.61 Å². The molecule has 0 aliphatic carbocycles. The molecule has 7 nitrogen and oxygen atoms in total. The Morgan fingerprint density at radius 2 is 2.38 bits per heavy atom. The van der Waals surface area contributed by atoms with Crippen LogP contribution in [0.5, 0.6) is 11.5 Å². The standard InChI is InChI=1S/C16H20N4O3S/c1-3-22-14-9-11(6-7-12(14)21-2)10-17-20-15(18-19-16(20)24)13-5-4-8-23-13/h6-7,9-10,13H,3-5,8H2,1-2H3,(H,19,24)/b17-10-. The van der Waals surface area contributed by atoms with E-state index in [-0.39, 0.29) is 6.10 Å². The molecule has 0 spiro atoms. The third-order valence-electron chi connectivity index (χ3n) is 3.70. The van der Waals surface area contributed by atoms with Gasteiger partial charge in [-0.3, -0.25) is 5.10 Å². The van der Waals surface area contributed by atoms with Crippen LogP contribution in [0, 0.1) is 4.77 Å². The number of methoxy groups -OCH3 is 1. The number of hydrogen-bond acceptors (Lipinski definition) is 6. The van der Waals surface area contributed by atoms with E-state index in [9.17, 15) is 0 Å². The number of nitrogens with one attached hydrogen (secondary N) is 1. The van der Waals surface area contributed by atoms with Crippen molar-refractivity contribution < 1.29 is 14.2 Å². The smallest absolute Gasteiger partial charge is 0.216 e. The van der Waals surface area contributed by atoms with E-state index in [0.29, 0.717) is 28.7 Å². The Kier molecular flexibility index (Phi) is 5.27. The van der Waals surface area contributed by atoms with Crippen molar-refractivity contribution >= 4 is 18.4 Å². The van der Waals surface area contributed by atoms with Crippen molar-refractivity contribution in [3.8, 4) is 11.5 Å². The molecule has 0 saturated carbocycles. The van der Waals surface area contributed by atoms with Crippen LogP contribution in [-0.2, 0) is 4.74 Å². The average Bonchev–Trinajstić information content (AvgIpc) is 3.23. The summed E-state index contributed by atoms with van der Waals surface area (Å²) < 4.78 is 18.6. The summed E-state index contributed by atoms with van der Waals surface area (Å²) in [6, 6.07) is 5.63. The van der Waals surface area contributed by atoms with Gasteiger partial charge in [-0.1, -0.05) is 0 Å². The summed E-state index contributed by atoms with van der Waals surface area (Å²) in [7, 11) is 1.62. The fourth-order valence-electron chi connectivity index (χ4n) is 2.57. The fraction of sp³-hybridized carbons (Fsp3) is 0.438. The van der Waals surface area contributed by atoms with Gasteiger partial charge in [0.05, 0.1) is 19.9 Å². The molecule has 0 radical (unpaired) electrons. The Balaban J connectivity index is 1.87. The van der Waals surface area contributed by atoms with E-state index in [2.05, 4.69) is 15.3 Å². The Labute approximate surface area is 145 Å². The molecule has 128 valence electrons. The van der Waals surface area contributed by atoms with Gasteiger partial charge in [0.2, 0.25) is 4.77 Å². The second-order valence-corrected chi connectivity index (χ2v) is 5.68. The first-order valence-electron chi connectivity index (χ1n) is 7.87. The maximum atomic E-state index is 5.67. The molecule has 1 aromatic heterocycles. The Bertz CT molecular complexity index is 778. The quantitative estimate of drug-likeness (QED) is 0.641. The highest BCUT2D eigenvalue weighted by atomic mass is 32.1. The molecular weight excluding hydrogens is 328 g/mol. The van der Waals surface area contributed by atoms with E-state index >= 15 is 0 Å². The highest BCUT2D eigenvalue weighted by Gasteiger charge is 2.23. The van der Waals surface area contributed by atoms with Gasteiger partial charge < -0.3 is 14.2 Å². The largest absolute Gasteiger partial charge is 0.493 e. The zero-order valence-corrected chi connectivity index (χ0v) is 14.5. The van der Waals surface area contributed by atoms with Gasteiger partial charge in [0.25, 0.3) is 0 Å². The SMILES string of the molecule is CCOc1cc(/C=N\n2c(C3CCCO3)n[nH]c2=S)ccc1OC. The lowest BCUT2D eigenvalue weighted by molar-refractivity contribution is 0.102. The third-order valence-corrected chi connectivity index (χ3v) is 3.97. The summed E-state index contributed by atoms with van der Waals surface area (Å²) in [5.74, 6) is 2.07. The lowest BCUT2D eigenvalue weighted by Gasteiger charge is -2.10. The van der Waals surface area contributed by atoms with Gasteiger partial charge in [0.1, 0.15) is 6.10 Å². The van der Waals surface area contributed by atoms with Crippen LogP contribution in [0.3, 0.4) is 0 Å². The van der Waals surface area contributed by atoms with Crippen LogP contribution in [0.25, 0.3) is 0 Å². The highest BCUT2D eigenvalue weighted by Crippen LogP contribution is 2.28. The van der Waals surface area contributed by atoms with E-state index in [1.54, 1.807) is 18.0 Å². The molecule has 3 rings (SSSR count). The zero-order chi connectivity index (χ0) is 16.9. The van der Waals surface area contributed by atoms with E-state index in [1.165, 1.54) is 0 Å². The molecule has 1 unspecified atom stereocenters. The summed E-state index contributed by atoms with van der Waals surface area (Å²) in [4.78, 5) is 0. The number of aromatic amines is 1. The molecule has 1 saturated heterocycles. The monoisotopic (exact) mass is 348 g/mol. The lowest BCUT2D eigenvalue weighted by atomic mass is 10.2. The number of hydrogen-bond donors (Lipinski definition) is 1. The summed E-state index contributed by atoms with van der Waals surface area (Å²) in [5, 5.41) is 11.5. The van der Waals surface area contributed by atoms with Gasteiger partial charge in [0.15, 0.2) is 17.3 Å². The van der Waals surface area contributed by atoms with E-state index in [4.69, 9.17) is 26.4 Å². The average molecular weight is 348 g/mol. The molecule has 1 fully saturated rings. The molecule has 2 aromatic rings. The van der Waals surface area contributed by atoms with Crippen LogP contribution < -0.4 is 9.47 Å². The number of nitrogens with zero attached hydrogens (tertiary/aromatic N) is 3. The second-order valence-electron chi connectivity index (χ2n) is 5.29. The number of rotatable bonds is 6. The van der Waals surface area contributed by atoms with Crippen molar-refractivity contribution in [3.63, 3.8) is 0 Å². The van der Waals surface area contributed by atoms with Gasteiger partial charge >= 0.3 is 0 Å². The van der Waals surface area contributed by atoms with Crippen LogP contribution in [0.1, 0.15) is 37.3 Å². The normalized spacial score (nSPS) is 17.5. The number of ether oxygens (including phenoxy) is 3. The minimum absolute atomic E-state index is 0.0649. The van der Waals surface area contributed by atoms with Gasteiger partial charge in [-0.15, -0.1) is 0 Å². The molecule has 0 bridgehead atoms. The van der Waals surface area contributed by atoms with Crippen LogP contribution in [0.15, 0.2) is 23.3 Å². The fourth-order valence-corrected chi connectivity index (χ4v) is 2.76. The topological polar surface area (TPSA) is 73.7 Å². The summed E-state index contributed by atoms with van der Waals surface area (Å²) in [6.45, 7) is 3.23. The molecule has 0 amide bonds. The van der Waals surface area contributed by atoms with Crippen molar-refractivity contribution in [3.05, 3.63) is 34.4 Å². The van der Waals surface area contributed by atoms with Crippen molar-refractivity contribution in [2.45, 2.75) is 25.9 Å². The zero-order valence-electron chi connectivity index (χ0n) is 13.7. The highest BCUT2D eigenvalue weighted by molar-refractivity contribution is 7.71. The number of H-pyrrole nitrogens is 1. The Morgan fingerprint density at radius 1 is 1.50 bits per heavy atom. The summed E-state index contributed by atoms with van der Waals surface area (Å²) >= 11 is 5.26. The lowest BCUT2D eigenvalue weighted by Crippen LogP contribution is -2.05. The molecule has 1 aliphatic rings. The summed E-state index contributed by atoms with van der Waals surface area (Å²) in [6.07, 6.45) is 3.59. The van der Waals surface area contributed by atoms with Crippen LogP contribution in [0.2, 0.25) is 0 Å². The first-order valence-corrected chi connectivity index (χ1v) is 8.28.